The van der Waals surface area contributed by atoms with Crippen LogP contribution >= 0.6 is 15.9 Å². The average Bonchev–Trinajstić information content (AvgIpc) is 2.20. The van der Waals surface area contributed by atoms with Gasteiger partial charge in [-0.3, -0.25) is 0 Å². The Hall–Kier alpha value is -0.0271. The van der Waals surface area contributed by atoms with E-state index in [2.05, 4.69) is 43.6 Å². The summed E-state index contributed by atoms with van der Waals surface area (Å²) in [5.74, 6) is 0.575. The van der Waals surface area contributed by atoms with E-state index in [4.69, 9.17) is 4.74 Å². The molecule has 0 aliphatic rings. The average molecular weight is 378 g/mol. The Labute approximate surface area is 122 Å². The van der Waals surface area contributed by atoms with Gasteiger partial charge in [0.1, 0.15) is 0 Å². The Morgan fingerprint density at radius 1 is 1.22 bits per heavy atom. The summed E-state index contributed by atoms with van der Waals surface area (Å²) < 4.78 is 21.4. The van der Waals surface area contributed by atoms with E-state index < -0.39 is 14.3 Å². The molecule has 4 heteroatoms. The van der Waals surface area contributed by atoms with Gasteiger partial charge in [-0.1, -0.05) is 0 Å². The molecule has 102 valence electrons. The van der Waals surface area contributed by atoms with Crippen molar-refractivity contribution in [1.82, 2.24) is 0 Å². The molecule has 0 N–H and O–H groups in total. The fourth-order valence-electron chi connectivity index (χ4n) is 2.21. The second kappa shape index (κ2) is 6.94. The van der Waals surface area contributed by atoms with Crippen molar-refractivity contribution in [2.45, 2.75) is 44.1 Å². The molecule has 1 nitrogen and oxygen atoms in total. The van der Waals surface area contributed by atoms with E-state index >= 15 is 0 Å². The van der Waals surface area contributed by atoms with Gasteiger partial charge in [-0.15, -0.1) is 0 Å². The van der Waals surface area contributed by atoms with Crippen molar-refractivity contribution in [3.05, 3.63) is 28.0 Å². The maximum absolute atomic E-state index is 13.2. The number of aryl methyl sites for hydroxylation is 1. The first-order chi connectivity index (χ1) is 8.32. The molecule has 0 radical (unpaired) electrons. The molecule has 18 heavy (non-hydrogen) atoms. The molecule has 0 aromatic heterocycles. The van der Waals surface area contributed by atoms with Crippen molar-refractivity contribution < 1.29 is 9.13 Å². The van der Waals surface area contributed by atoms with E-state index in [0.29, 0.717) is 4.47 Å². The third kappa shape index (κ3) is 4.27. The molecule has 0 bridgehead atoms. The van der Waals surface area contributed by atoms with Gasteiger partial charge in [-0.25, -0.2) is 0 Å². The summed E-state index contributed by atoms with van der Waals surface area (Å²) >= 11 is 1.93. The molecule has 0 spiro atoms. The van der Waals surface area contributed by atoms with Crippen LogP contribution in [-0.2, 0) is 0 Å². The number of halogens is 2. The van der Waals surface area contributed by atoms with Gasteiger partial charge in [-0.05, 0) is 0 Å². The summed E-state index contributed by atoms with van der Waals surface area (Å²) in [6.07, 6.45) is 0. The first-order valence-electron chi connectivity index (χ1n) is 6.41. The van der Waals surface area contributed by atoms with Crippen molar-refractivity contribution in [3.63, 3.8) is 0 Å². The summed E-state index contributed by atoms with van der Waals surface area (Å²) in [5, 5.41) is 0. The van der Waals surface area contributed by atoms with Crippen molar-refractivity contribution in [1.29, 1.82) is 0 Å². The summed E-state index contributed by atoms with van der Waals surface area (Å²) in [6, 6.07) is 2.99. The zero-order valence-electron chi connectivity index (χ0n) is 11.8. The van der Waals surface area contributed by atoms with Crippen molar-refractivity contribution in [2.24, 2.45) is 0 Å². The predicted octanol–water partition coefficient (Wildman–Crippen LogP) is 4.86. The second-order valence-electron chi connectivity index (χ2n) is 5.50. The van der Waals surface area contributed by atoms with Crippen LogP contribution in [0.3, 0.4) is 0 Å². The van der Waals surface area contributed by atoms with Crippen LogP contribution in [0.25, 0.3) is 0 Å². The number of hydrogen-bond donors (Lipinski definition) is 0. The topological polar surface area (TPSA) is 9.23 Å². The van der Waals surface area contributed by atoms with Crippen LogP contribution in [0.2, 0.25) is 9.50 Å². The maximum atomic E-state index is 13.2. The molecule has 0 unspecified atom stereocenters. The van der Waals surface area contributed by atoms with Crippen molar-refractivity contribution >= 4 is 30.3 Å². The standard InChI is InChI=1S/C14H22BrFGeO/c1-9(2)17(10(3)4)8-18-14-11(5)6-12(16)7-13(14)15/h6-7,9-10,17H,8H2,1-5H3. The molecule has 0 amide bonds. The van der Waals surface area contributed by atoms with Crippen molar-refractivity contribution in [3.8, 4) is 5.75 Å². The van der Waals surface area contributed by atoms with E-state index in [1.165, 1.54) is 12.1 Å². The van der Waals surface area contributed by atoms with Crippen LogP contribution < -0.4 is 4.74 Å². The monoisotopic (exact) mass is 378 g/mol. The molecule has 0 aliphatic carbocycles. The van der Waals surface area contributed by atoms with E-state index in [9.17, 15) is 4.39 Å². The number of hydrogen-bond acceptors (Lipinski definition) is 1. The minimum atomic E-state index is -1.45. The Balaban J connectivity index is 2.80. The summed E-state index contributed by atoms with van der Waals surface area (Å²) in [5.41, 5.74) is 1.71. The molecule has 1 aromatic carbocycles. The number of ether oxygens (including phenoxy) is 1. The molecule has 1 aromatic rings. The molecule has 1 rings (SSSR count). The van der Waals surface area contributed by atoms with Gasteiger partial charge in [0.05, 0.1) is 0 Å². The van der Waals surface area contributed by atoms with Crippen LogP contribution in [-0.4, -0.2) is 19.8 Å². The molecule has 0 aliphatic heterocycles. The van der Waals surface area contributed by atoms with E-state index in [-0.39, 0.29) is 5.82 Å². The van der Waals surface area contributed by atoms with Crippen LogP contribution in [0.4, 0.5) is 4.39 Å². The van der Waals surface area contributed by atoms with Gasteiger partial charge in [0, 0.05) is 0 Å². The Kier molecular flexibility index (Phi) is 6.18. The Bertz CT molecular complexity index is 376. The zero-order chi connectivity index (χ0) is 13.9. The van der Waals surface area contributed by atoms with E-state index in [0.717, 1.165) is 26.3 Å². The number of rotatable bonds is 5. The third-order valence-corrected chi connectivity index (χ3v) is 12.3. The molecule has 0 atom stereocenters. The fraction of sp³-hybridized carbons (Fsp3) is 0.571. The van der Waals surface area contributed by atoms with Gasteiger partial charge in [0.15, 0.2) is 0 Å². The van der Waals surface area contributed by atoms with Gasteiger partial charge >= 0.3 is 123 Å². The molecule has 0 saturated heterocycles. The molecule has 0 saturated carbocycles. The Morgan fingerprint density at radius 3 is 2.22 bits per heavy atom. The Morgan fingerprint density at radius 2 is 1.78 bits per heavy atom. The van der Waals surface area contributed by atoms with Crippen molar-refractivity contribution in [2.75, 3.05) is 5.44 Å². The molecule has 0 fully saturated rings. The second-order valence-corrected chi connectivity index (χ2v) is 15.4. The quantitative estimate of drug-likeness (QED) is 0.666. The third-order valence-electron chi connectivity index (χ3n) is 3.33. The first-order valence-corrected chi connectivity index (χ1v) is 11.7. The van der Waals surface area contributed by atoms with Gasteiger partial charge in [0.2, 0.25) is 0 Å². The summed E-state index contributed by atoms with van der Waals surface area (Å²) in [6.45, 7) is 11.1. The SMILES string of the molecule is Cc1cc(F)cc(Br)c1O[CH2][GeH]([CH](C)C)[CH](C)C. The van der Waals surface area contributed by atoms with Gasteiger partial charge < -0.3 is 0 Å². The fourth-order valence-corrected chi connectivity index (χ4v) is 8.45. The molecular weight excluding hydrogens is 356 g/mol. The van der Waals surface area contributed by atoms with Crippen LogP contribution in [0, 0.1) is 12.7 Å². The summed E-state index contributed by atoms with van der Waals surface area (Å²) in [7, 11) is 0. The van der Waals surface area contributed by atoms with Crippen LogP contribution in [0.15, 0.2) is 16.6 Å². The minimum absolute atomic E-state index is 0.225. The number of benzene rings is 1. The van der Waals surface area contributed by atoms with E-state index in [1.54, 1.807) is 0 Å². The van der Waals surface area contributed by atoms with Crippen LogP contribution in [0.1, 0.15) is 33.3 Å². The normalized spacial score (nSPS) is 11.7. The van der Waals surface area contributed by atoms with Crippen LogP contribution in [0.5, 0.6) is 5.75 Å². The molecule has 0 heterocycles. The zero-order valence-corrected chi connectivity index (χ0v) is 15.8. The van der Waals surface area contributed by atoms with E-state index in [1.807, 2.05) is 6.92 Å². The summed E-state index contributed by atoms with van der Waals surface area (Å²) in [4.78, 5) is 0. The molecular formula is C14H22BrFGeO. The van der Waals surface area contributed by atoms with Gasteiger partial charge in [0.25, 0.3) is 0 Å². The first kappa shape index (κ1) is 16.0. The van der Waals surface area contributed by atoms with Gasteiger partial charge in [-0.2, -0.15) is 0 Å². The predicted molar refractivity (Wildman–Crippen MR) is 81.7 cm³/mol.